The fourth-order valence-corrected chi connectivity index (χ4v) is 1.93. The van der Waals surface area contributed by atoms with Gasteiger partial charge in [0.15, 0.2) is 0 Å². The highest BCUT2D eigenvalue weighted by atomic mass is 32.2. The standard InChI is InChI=1S/C11H11NO3S/c1-8-10(9-6-4-3-5-7-9)12-11(15-8)16(2,13)14/h3-7H,1-2H3. The normalized spacial score (nSPS) is 11.6. The topological polar surface area (TPSA) is 60.2 Å². The van der Waals surface area contributed by atoms with Gasteiger partial charge in [-0.05, 0) is 6.92 Å². The van der Waals surface area contributed by atoms with Gasteiger partial charge in [0.25, 0.3) is 0 Å². The summed E-state index contributed by atoms with van der Waals surface area (Å²) in [5, 5.41) is -0.233. The van der Waals surface area contributed by atoms with E-state index in [9.17, 15) is 8.42 Å². The number of rotatable bonds is 2. The molecule has 1 aromatic heterocycles. The highest BCUT2D eigenvalue weighted by Gasteiger charge is 2.18. The summed E-state index contributed by atoms with van der Waals surface area (Å²) in [5.74, 6) is 0.506. The lowest BCUT2D eigenvalue weighted by Gasteiger charge is -1.94. The fourth-order valence-electron chi connectivity index (χ4n) is 1.39. The van der Waals surface area contributed by atoms with Crippen molar-refractivity contribution in [1.82, 2.24) is 4.98 Å². The van der Waals surface area contributed by atoms with Gasteiger partial charge in [-0.15, -0.1) is 0 Å². The van der Waals surface area contributed by atoms with Crippen molar-refractivity contribution in [2.24, 2.45) is 0 Å². The first kappa shape index (κ1) is 10.9. The van der Waals surface area contributed by atoms with Gasteiger partial charge in [-0.1, -0.05) is 30.3 Å². The molecule has 1 heterocycles. The van der Waals surface area contributed by atoms with Gasteiger partial charge in [0.1, 0.15) is 11.5 Å². The number of nitrogens with zero attached hydrogens (tertiary/aromatic N) is 1. The monoisotopic (exact) mass is 237 g/mol. The maximum atomic E-state index is 11.3. The van der Waals surface area contributed by atoms with E-state index in [-0.39, 0.29) is 5.22 Å². The largest absolute Gasteiger partial charge is 0.433 e. The van der Waals surface area contributed by atoms with Crippen LogP contribution in [0.1, 0.15) is 5.76 Å². The van der Waals surface area contributed by atoms with Crippen LogP contribution >= 0.6 is 0 Å². The number of oxazole rings is 1. The SMILES string of the molecule is Cc1oc(S(C)(=O)=O)nc1-c1ccccc1. The van der Waals surface area contributed by atoms with Crippen molar-refractivity contribution in [3.63, 3.8) is 0 Å². The summed E-state index contributed by atoms with van der Waals surface area (Å²) in [4.78, 5) is 4.00. The predicted molar refractivity (Wildman–Crippen MR) is 59.8 cm³/mol. The maximum absolute atomic E-state index is 11.3. The molecule has 0 N–H and O–H groups in total. The van der Waals surface area contributed by atoms with Crippen LogP contribution in [0.5, 0.6) is 0 Å². The lowest BCUT2D eigenvalue weighted by molar-refractivity contribution is 0.413. The molecule has 2 rings (SSSR count). The summed E-state index contributed by atoms with van der Waals surface area (Å²) in [5.41, 5.74) is 1.42. The molecule has 0 aliphatic carbocycles. The molecule has 4 nitrogen and oxygen atoms in total. The summed E-state index contributed by atoms with van der Waals surface area (Å²) < 4.78 is 27.7. The zero-order valence-electron chi connectivity index (χ0n) is 8.97. The molecule has 0 aliphatic heterocycles. The molecule has 84 valence electrons. The molecule has 0 saturated carbocycles. The second-order valence-electron chi connectivity index (χ2n) is 3.52. The quantitative estimate of drug-likeness (QED) is 0.802. The molecule has 5 heteroatoms. The van der Waals surface area contributed by atoms with Crippen molar-refractivity contribution in [2.75, 3.05) is 6.26 Å². The summed E-state index contributed by atoms with van der Waals surface area (Å²) >= 11 is 0. The van der Waals surface area contributed by atoms with Gasteiger partial charge < -0.3 is 4.42 Å². The zero-order chi connectivity index (χ0) is 11.8. The Bertz CT molecular complexity index is 599. The molecule has 0 amide bonds. The third-order valence-electron chi connectivity index (χ3n) is 2.14. The minimum Gasteiger partial charge on any atom is -0.433 e. The van der Waals surface area contributed by atoms with Gasteiger partial charge in [0.2, 0.25) is 9.84 Å². The number of hydrogen-bond acceptors (Lipinski definition) is 4. The molecule has 2 aromatic rings. The van der Waals surface area contributed by atoms with Crippen LogP contribution in [0.15, 0.2) is 40.0 Å². The van der Waals surface area contributed by atoms with Crippen molar-refractivity contribution < 1.29 is 12.8 Å². The Hall–Kier alpha value is -1.62. The maximum Gasteiger partial charge on any atom is 0.315 e. The first-order valence-electron chi connectivity index (χ1n) is 4.71. The molecular weight excluding hydrogens is 226 g/mol. The van der Waals surface area contributed by atoms with E-state index in [4.69, 9.17) is 4.42 Å². The van der Waals surface area contributed by atoms with Crippen LogP contribution in [-0.4, -0.2) is 19.7 Å². The molecule has 0 radical (unpaired) electrons. The van der Waals surface area contributed by atoms with Crippen molar-refractivity contribution in [3.8, 4) is 11.3 Å². The van der Waals surface area contributed by atoms with Crippen LogP contribution < -0.4 is 0 Å². The Balaban J connectivity index is 2.57. The highest BCUT2D eigenvalue weighted by molar-refractivity contribution is 7.90. The lowest BCUT2D eigenvalue weighted by Crippen LogP contribution is -1.96. The molecule has 0 unspecified atom stereocenters. The number of aryl methyl sites for hydroxylation is 1. The fraction of sp³-hybridized carbons (Fsp3) is 0.182. The second kappa shape index (κ2) is 3.75. The number of sulfone groups is 1. The van der Waals surface area contributed by atoms with Gasteiger partial charge in [-0.3, -0.25) is 0 Å². The van der Waals surface area contributed by atoms with Crippen LogP contribution in [-0.2, 0) is 9.84 Å². The summed E-state index contributed by atoms with van der Waals surface area (Å²) in [6, 6.07) is 9.33. The van der Waals surface area contributed by atoms with Crippen molar-refractivity contribution in [2.45, 2.75) is 12.1 Å². The van der Waals surface area contributed by atoms with E-state index in [2.05, 4.69) is 4.98 Å². The molecule has 0 fully saturated rings. The Morgan fingerprint density at radius 3 is 2.31 bits per heavy atom. The van der Waals surface area contributed by atoms with Crippen molar-refractivity contribution in [1.29, 1.82) is 0 Å². The summed E-state index contributed by atoms with van der Waals surface area (Å²) in [6.45, 7) is 1.70. The van der Waals surface area contributed by atoms with E-state index in [0.717, 1.165) is 11.8 Å². The summed E-state index contributed by atoms with van der Waals surface area (Å²) in [7, 11) is -3.39. The molecule has 0 aliphatic rings. The molecule has 0 saturated heterocycles. The van der Waals surface area contributed by atoms with Crippen LogP contribution in [0.4, 0.5) is 0 Å². The van der Waals surface area contributed by atoms with Gasteiger partial charge in [-0.25, -0.2) is 8.42 Å². The highest BCUT2D eigenvalue weighted by Crippen LogP contribution is 2.24. The lowest BCUT2D eigenvalue weighted by atomic mass is 10.1. The smallest absolute Gasteiger partial charge is 0.315 e. The van der Waals surface area contributed by atoms with Gasteiger partial charge >= 0.3 is 5.22 Å². The van der Waals surface area contributed by atoms with E-state index < -0.39 is 9.84 Å². The number of aromatic nitrogens is 1. The molecular formula is C11H11NO3S. The van der Waals surface area contributed by atoms with Crippen LogP contribution in [0, 0.1) is 6.92 Å². The first-order chi connectivity index (χ1) is 7.48. The molecule has 0 atom stereocenters. The van der Waals surface area contributed by atoms with Crippen LogP contribution in [0.25, 0.3) is 11.3 Å². The van der Waals surface area contributed by atoms with Crippen molar-refractivity contribution >= 4 is 9.84 Å². The minimum atomic E-state index is -3.39. The Morgan fingerprint density at radius 2 is 1.81 bits per heavy atom. The van der Waals surface area contributed by atoms with E-state index >= 15 is 0 Å². The summed E-state index contributed by atoms with van der Waals surface area (Å²) in [6.07, 6.45) is 1.08. The zero-order valence-corrected chi connectivity index (χ0v) is 9.78. The molecule has 16 heavy (non-hydrogen) atoms. The Labute approximate surface area is 93.9 Å². The van der Waals surface area contributed by atoms with Gasteiger partial charge in [0, 0.05) is 11.8 Å². The Kier molecular flexibility index (Phi) is 2.55. The second-order valence-corrected chi connectivity index (χ2v) is 5.42. The van der Waals surface area contributed by atoms with E-state index in [1.54, 1.807) is 6.92 Å². The number of benzene rings is 1. The average Bonchev–Trinajstić information content (AvgIpc) is 2.61. The van der Waals surface area contributed by atoms with E-state index in [1.165, 1.54) is 0 Å². The average molecular weight is 237 g/mol. The van der Waals surface area contributed by atoms with Crippen LogP contribution in [0.3, 0.4) is 0 Å². The van der Waals surface area contributed by atoms with Crippen molar-refractivity contribution in [3.05, 3.63) is 36.1 Å². The van der Waals surface area contributed by atoms with Gasteiger partial charge in [0.05, 0.1) is 0 Å². The molecule has 1 aromatic carbocycles. The third-order valence-corrected chi connectivity index (χ3v) is 2.95. The Morgan fingerprint density at radius 1 is 1.19 bits per heavy atom. The molecule has 0 bridgehead atoms. The van der Waals surface area contributed by atoms with Gasteiger partial charge in [-0.2, -0.15) is 4.98 Å². The predicted octanol–water partition coefficient (Wildman–Crippen LogP) is 2.05. The first-order valence-corrected chi connectivity index (χ1v) is 6.60. The van der Waals surface area contributed by atoms with Crippen LogP contribution in [0.2, 0.25) is 0 Å². The number of hydrogen-bond donors (Lipinski definition) is 0. The van der Waals surface area contributed by atoms with E-state index in [0.29, 0.717) is 11.5 Å². The van der Waals surface area contributed by atoms with E-state index in [1.807, 2.05) is 30.3 Å². The minimum absolute atomic E-state index is 0.233. The third kappa shape index (κ3) is 1.99. The molecule has 0 spiro atoms.